The summed E-state index contributed by atoms with van der Waals surface area (Å²) in [5, 5.41) is 8.25. The molecule has 6 nitrogen and oxygen atoms in total. The lowest BCUT2D eigenvalue weighted by atomic mass is 9.95. The molecule has 2 heterocycles. The normalized spacial score (nSPS) is 14.6. The number of carbonyl (C=O) groups excluding carboxylic acids is 1. The monoisotopic (exact) mass is 515 g/mol. The maximum atomic E-state index is 13.7. The Kier molecular flexibility index (Phi) is 7.47. The minimum Gasteiger partial charge on any atom is -0.497 e. The van der Waals surface area contributed by atoms with Crippen molar-refractivity contribution >= 4 is 17.5 Å². The fraction of sp³-hybridized carbons (Fsp3) is 0.267. The standard InChI is InChI=1S/C30H30ClN3O3/c1-3-4-5-18-37-25-16-10-22(11-17-25)29-26-27(21-8-14-24(36-2)15-9-21)32-33-28(26)30(35)34(29)19-20-6-12-23(31)13-7-20/h6-17,29H,3-5,18-19H2,1-2H3,(H,32,33). The smallest absolute Gasteiger partial charge is 0.273 e. The van der Waals surface area contributed by atoms with Crippen molar-refractivity contribution in [3.8, 4) is 22.8 Å². The van der Waals surface area contributed by atoms with Crippen LogP contribution in [-0.4, -0.2) is 34.7 Å². The number of rotatable bonds is 10. The molecule has 0 fully saturated rings. The zero-order chi connectivity index (χ0) is 25.8. The van der Waals surface area contributed by atoms with Crippen molar-refractivity contribution in [2.75, 3.05) is 13.7 Å². The number of benzene rings is 3. The zero-order valence-electron chi connectivity index (χ0n) is 21.0. The SMILES string of the molecule is CCCCCOc1ccc(C2c3c(-c4ccc(OC)cc4)n[nH]c3C(=O)N2Cc2ccc(Cl)cc2)cc1. The lowest BCUT2D eigenvalue weighted by Gasteiger charge is -2.27. The molecule has 1 aliphatic rings. The highest BCUT2D eigenvalue weighted by Gasteiger charge is 2.42. The highest BCUT2D eigenvalue weighted by molar-refractivity contribution is 6.30. The molecule has 1 atom stereocenters. The van der Waals surface area contributed by atoms with E-state index >= 15 is 0 Å². The zero-order valence-corrected chi connectivity index (χ0v) is 21.8. The molecule has 1 N–H and O–H groups in total. The van der Waals surface area contributed by atoms with E-state index in [4.69, 9.17) is 21.1 Å². The second-order valence-corrected chi connectivity index (χ2v) is 9.61. The molecule has 1 aliphatic heterocycles. The Balaban J connectivity index is 1.51. The molecule has 190 valence electrons. The van der Waals surface area contributed by atoms with E-state index in [1.54, 1.807) is 7.11 Å². The first-order chi connectivity index (χ1) is 18.1. The number of H-pyrrole nitrogens is 1. The van der Waals surface area contributed by atoms with E-state index in [1.165, 1.54) is 0 Å². The van der Waals surface area contributed by atoms with Gasteiger partial charge in [0, 0.05) is 22.7 Å². The van der Waals surface area contributed by atoms with Gasteiger partial charge in [0.05, 0.1) is 25.5 Å². The molecule has 0 radical (unpaired) electrons. The van der Waals surface area contributed by atoms with Crippen LogP contribution in [0.15, 0.2) is 72.8 Å². The summed E-state index contributed by atoms with van der Waals surface area (Å²) >= 11 is 6.10. The van der Waals surface area contributed by atoms with Crippen LogP contribution in [-0.2, 0) is 6.54 Å². The Bertz CT molecular complexity index is 1350. The molecule has 4 aromatic rings. The van der Waals surface area contributed by atoms with Crippen LogP contribution in [0.5, 0.6) is 11.5 Å². The Morgan fingerprint density at radius 1 is 0.946 bits per heavy atom. The summed E-state index contributed by atoms with van der Waals surface area (Å²) < 4.78 is 11.2. The van der Waals surface area contributed by atoms with Gasteiger partial charge in [0.15, 0.2) is 0 Å². The predicted molar refractivity (Wildman–Crippen MR) is 145 cm³/mol. The van der Waals surface area contributed by atoms with E-state index in [0.717, 1.165) is 58.7 Å². The predicted octanol–water partition coefficient (Wildman–Crippen LogP) is 7.05. The summed E-state index contributed by atoms with van der Waals surface area (Å²) in [7, 11) is 1.64. The van der Waals surface area contributed by atoms with E-state index in [2.05, 4.69) is 17.1 Å². The van der Waals surface area contributed by atoms with Crippen LogP contribution in [0.4, 0.5) is 0 Å². The highest BCUT2D eigenvalue weighted by Crippen LogP contribution is 2.44. The summed E-state index contributed by atoms with van der Waals surface area (Å²) in [4.78, 5) is 15.5. The molecule has 0 aliphatic carbocycles. The van der Waals surface area contributed by atoms with Gasteiger partial charge in [-0.3, -0.25) is 9.89 Å². The van der Waals surface area contributed by atoms with Gasteiger partial charge in [0.25, 0.3) is 5.91 Å². The van der Waals surface area contributed by atoms with E-state index in [9.17, 15) is 4.79 Å². The minimum absolute atomic E-state index is 0.0814. The lowest BCUT2D eigenvalue weighted by Crippen LogP contribution is -2.29. The van der Waals surface area contributed by atoms with Gasteiger partial charge in [-0.15, -0.1) is 0 Å². The van der Waals surface area contributed by atoms with E-state index in [-0.39, 0.29) is 11.9 Å². The van der Waals surface area contributed by atoms with Crippen molar-refractivity contribution in [2.45, 2.75) is 38.8 Å². The lowest BCUT2D eigenvalue weighted by molar-refractivity contribution is 0.0730. The van der Waals surface area contributed by atoms with E-state index in [1.807, 2.05) is 77.7 Å². The molecule has 37 heavy (non-hydrogen) atoms. The highest BCUT2D eigenvalue weighted by atomic mass is 35.5. The Morgan fingerprint density at radius 3 is 2.32 bits per heavy atom. The van der Waals surface area contributed by atoms with Gasteiger partial charge in [0.2, 0.25) is 0 Å². The van der Waals surface area contributed by atoms with E-state index < -0.39 is 0 Å². The third-order valence-electron chi connectivity index (χ3n) is 6.71. The van der Waals surface area contributed by atoms with Crippen molar-refractivity contribution in [3.05, 3.63) is 100 Å². The van der Waals surface area contributed by atoms with Crippen molar-refractivity contribution in [2.24, 2.45) is 0 Å². The fourth-order valence-corrected chi connectivity index (χ4v) is 4.88. The summed E-state index contributed by atoms with van der Waals surface area (Å²) in [5.74, 6) is 1.51. The Labute approximate surface area is 222 Å². The molecule has 0 saturated heterocycles. The number of hydrogen-bond donors (Lipinski definition) is 1. The number of hydrogen-bond acceptors (Lipinski definition) is 4. The van der Waals surface area contributed by atoms with Gasteiger partial charge >= 0.3 is 0 Å². The molecule has 3 aromatic carbocycles. The van der Waals surface area contributed by atoms with Crippen LogP contribution < -0.4 is 9.47 Å². The third-order valence-corrected chi connectivity index (χ3v) is 6.96. The summed E-state index contributed by atoms with van der Waals surface area (Å²) in [6, 6.07) is 23.1. The second-order valence-electron chi connectivity index (χ2n) is 9.18. The van der Waals surface area contributed by atoms with Crippen LogP contribution in [0.25, 0.3) is 11.3 Å². The number of ether oxygens (including phenoxy) is 2. The third kappa shape index (κ3) is 5.20. The van der Waals surface area contributed by atoms with Crippen LogP contribution in [0.1, 0.15) is 59.4 Å². The number of fused-ring (bicyclic) bond motifs is 1. The average Bonchev–Trinajstić information content (AvgIpc) is 3.47. The fourth-order valence-electron chi connectivity index (χ4n) is 4.75. The van der Waals surface area contributed by atoms with Crippen molar-refractivity contribution < 1.29 is 14.3 Å². The number of halogens is 1. The summed E-state index contributed by atoms with van der Waals surface area (Å²) in [6.45, 7) is 3.32. The molecule has 1 amide bonds. The van der Waals surface area contributed by atoms with E-state index in [0.29, 0.717) is 23.9 Å². The molecule has 0 spiro atoms. The number of carbonyl (C=O) groups is 1. The minimum atomic E-state index is -0.303. The number of unbranched alkanes of at least 4 members (excludes halogenated alkanes) is 2. The van der Waals surface area contributed by atoms with Crippen molar-refractivity contribution in [1.29, 1.82) is 0 Å². The van der Waals surface area contributed by atoms with Crippen LogP contribution in [0.2, 0.25) is 5.02 Å². The van der Waals surface area contributed by atoms with Crippen LogP contribution in [0.3, 0.4) is 0 Å². The average molecular weight is 516 g/mol. The Hall–Kier alpha value is -3.77. The maximum Gasteiger partial charge on any atom is 0.273 e. The largest absolute Gasteiger partial charge is 0.497 e. The first-order valence-electron chi connectivity index (χ1n) is 12.6. The molecule has 5 rings (SSSR count). The molecule has 7 heteroatoms. The van der Waals surface area contributed by atoms with Gasteiger partial charge < -0.3 is 14.4 Å². The molecule has 0 saturated carbocycles. The number of methoxy groups -OCH3 is 1. The maximum absolute atomic E-state index is 13.7. The first-order valence-corrected chi connectivity index (χ1v) is 13.0. The van der Waals surface area contributed by atoms with Crippen LogP contribution in [0, 0.1) is 0 Å². The number of amides is 1. The van der Waals surface area contributed by atoms with Crippen molar-refractivity contribution in [3.63, 3.8) is 0 Å². The Morgan fingerprint density at radius 2 is 1.65 bits per heavy atom. The molecule has 0 bridgehead atoms. The second kappa shape index (κ2) is 11.1. The number of nitrogens with one attached hydrogen (secondary N) is 1. The number of aromatic amines is 1. The molecule has 1 unspecified atom stereocenters. The van der Waals surface area contributed by atoms with Crippen LogP contribution >= 0.6 is 11.6 Å². The quantitative estimate of drug-likeness (QED) is 0.230. The van der Waals surface area contributed by atoms with Crippen molar-refractivity contribution in [1.82, 2.24) is 15.1 Å². The number of aromatic nitrogens is 2. The topological polar surface area (TPSA) is 67.5 Å². The summed E-state index contributed by atoms with van der Waals surface area (Å²) in [5.41, 5.74) is 5.07. The molecular formula is C30H30ClN3O3. The van der Waals surface area contributed by atoms with Gasteiger partial charge in [-0.05, 0) is 66.1 Å². The van der Waals surface area contributed by atoms with Gasteiger partial charge in [-0.2, -0.15) is 5.10 Å². The summed E-state index contributed by atoms with van der Waals surface area (Å²) in [6.07, 6.45) is 3.35. The van der Waals surface area contributed by atoms with Gasteiger partial charge in [-0.1, -0.05) is 55.6 Å². The molecular weight excluding hydrogens is 486 g/mol. The first kappa shape index (κ1) is 24.9. The van der Waals surface area contributed by atoms with Gasteiger partial charge in [0.1, 0.15) is 17.2 Å². The van der Waals surface area contributed by atoms with Gasteiger partial charge in [-0.25, -0.2) is 0 Å². The molecule has 1 aromatic heterocycles. The number of nitrogens with zero attached hydrogens (tertiary/aromatic N) is 2.